The number of benzene rings is 3. The van der Waals surface area contributed by atoms with Crippen molar-refractivity contribution in [2.75, 3.05) is 26.2 Å². The molecule has 7 heteroatoms. The van der Waals surface area contributed by atoms with Crippen LogP contribution >= 0.6 is 34.8 Å². The highest BCUT2D eigenvalue weighted by Crippen LogP contribution is 2.28. The van der Waals surface area contributed by atoms with Crippen LogP contribution in [0.5, 0.6) is 5.75 Å². The number of amides is 1. The Hall–Kier alpha value is -2.24. The van der Waals surface area contributed by atoms with Crippen LogP contribution < -0.4 is 4.74 Å². The lowest BCUT2D eigenvalue weighted by Gasteiger charge is -2.35. The second-order valence-corrected chi connectivity index (χ2v) is 8.97. The summed E-state index contributed by atoms with van der Waals surface area (Å²) in [5.74, 6) is 0.594. The van der Waals surface area contributed by atoms with Gasteiger partial charge in [-0.1, -0.05) is 65.1 Å². The van der Waals surface area contributed by atoms with Gasteiger partial charge in [0.15, 0.2) is 0 Å². The first-order valence-electron chi connectivity index (χ1n) is 10.4. The number of carbonyl (C=O) groups is 1. The molecule has 0 aliphatic carbocycles. The predicted molar refractivity (Wildman–Crippen MR) is 130 cm³/mol. The van der Waals surface area contributed by atoms with Crippen LogP contribution in [-0.2, 0) is 13.2 Å². The van der Waals surface area contributed by atoms with Gasteiger partial charge in [0.1, 0.15) is 12.4 Å². The molecule has 0 radical (unpaired) electrons. The summed E-state index contributed by atoms with van der Waals surface area (Å²) < 4.78 is 5.81. The second kappa shape index (κ2) is 10.6. The fraction of sp³-hybridized carbons (Fsp3) is 0.240. The average molecular weight is 490 g/mol. The first-order chi connectivity index (χ1) is 15.5. The highest BCUT2D eigenvalue weighted by Gasteiger charge is 2.22. The predicted octanol–water partition coefficient (Wildman–Crippen LogP) is 6.18. The monoisotopic (exact) mass is 488 g/mol. The lowest BCUT2D eigenvalue weighted by molar-refractivity contribution is 0.0628. The summed E-state index contributed by atoms with van der Waals surface area (Å²) in [5, 5.41) is 1.80. The van der Waals surface area contributed by atoms with Crippen LogP contribution in [0.1, 0.15) is 21.5 Å². The Labute approximate surface area is 203 Å². The lowest BCUT2D eigenvalue weighted by atomic mass is 10.1. The molecule has 1 fully saturated rings. The van der Waals surface area contributed by atoms with Crippen LogP contribution in [-0.4, -0.2) is 41.9 Å². The van der Waals surface area contributed by atoms with Gasteiger partial charge in [-0.25, -0.2) is 0 Å². The Morgan fingerprint density at radius 1 is 0.844 bits per heavy atom. The molecule has 0 unspecified atom stereocenters. The number of piperazine rings is 1. The van der Waals surface area contributed by atoms with Crippen LogP contribution in [0, 0.1) is 0 Å². The van der Waals surface area contributed by atoms with Gasteiger partial charge in [0.05, 0.1) is 5.02 Å². The van der Waals surface area contributed by atoms with Crippen molar-refractivity contribution >= 4 is 40.7 Å². The minimum absolute atomic E-state index is 0.0359. The van der Waals surface area contributed by atoms with Crippen molar-refractivity contribution in [2.24, 2.45) is 0 Å². The van der Waals surface area contributed by atoms with Crippen molar-refractivity contribution in [2.45, 2.75) is 13.2 Å². The third kappa shape index (κ3) is 5.76. The van der Waals surface area contributed by atoms with Crippen molar-refractivity contribution in [1.29, 1.82) is 0 Å². The zero-order valence-electron chi connectivity index (χ0n) is 17.4. The smallest absolute Gasteiger partial charge is 0.253 e. The van der Waals surface area contributed by atoms with Crippen molar-refractivity contribution in [3.8, 4) is 5.75 Å². The SMILES string of the molecule is O=C(c1cccc(COc2ccc(Cl)cc2Cl)c1)N1CCN(Cc2ccccc2Cl)CC1. The number of hydrogen-bond donors (Lipinski definition) is 0. The number of rotatable bonds is 6. The molecule has 1 saturated heterocycles. The van der Waals surface area contributed by atoms with Crippen molar-refractivity contribution in [3.05, 3.63) is 98.5 Å². The van der Waals surface area contributed by atoms with E-state index in [0.717, 1.165) is 35.8 Å². The van der Waals surface area contributed by atoms with Gasteiger partial charge in [0.25, 0.3) is 5.91 Å². The Kier molecular flexibility index (Phi) is 7.59. The standard InChI is InChI=1S/C25H23Cl3N2O2/c26-21-8-9-24(23(28)15-21)32-17-18-4-3-6-19(14-18)25(31)30-12-10-29(11-13-30)16-20-5-1-2-7-22(20)27/h1-9,14-15H,10-13,16-17H2. The van der Waals surface area contributed by atoms with Crippen LogP contribution in [0.4, 0.5) is 0 Å². The summed E-state index contributed by atoms with van der Waals surface area (Å²) >= 11 is 18.4. The van der Waals surface area contributed by atoms with E-state index in [1.165, 1.54) is 0 Å². The van der Waals surface area contributed by atoms with E-state index in [2.05, 4.69) is 4.90 Å². The van der Waals surface area contributed by atoms with E-state index in [4.69, 9.17) is 39.5 Å². The normalized spacial score (nSPS) is 14.4. The molecule has 1 heterocycles. The Balaban J connectivity index is 1.33. The second-order valence-electron chi connectivity index (χ2n) is 7.72. The molecule has 166 valence electrons. The van der Waals surface area contributed by atoms with Gasteiger partial charge < -0.3 is 9.64 Å². The fourth-order valence-corrected chi connectivity index (χ4v) is 4.37. The highest BCUT2D eigenvalue weighted by molar-refractivity contribution is 6.35. The molecule has 0 bridgehead atoms. The molecule has 0 spiro atoms. The average Bonchev–Trinajstić information content (AvgIpc) is 2.80. The Morgan fingerprint density at radius 2 is 1.62 bits per heavy atom. The number of carbonyl (C=O) groups excluding carboxylic acids is 1. The third-order valence-corrected chi connectivity index (χ3v) is 6.37. The van der Waals surface area contributed by atoms with Gasteiger partial charge in [-0.05, 0) is 47.5 Å². The summed E-state index contributed by atoms with van der Waals surface area (Å²) in [6, 6.07) is 20.5. The van der Waals surface area contributed by atoms with Gasteiger partial charge in [-0.3, -0.25) is 9.69 Å². The van der Waals surface area contributed by atoms with E-state index in [1.807, 2.05) is 53.4 Å². The minimum atomic E-state index is 0.0359. The summed E-state index contributed by atoms with van der Waals surface area (Å²) in [7, 11) is 0. The molecular weight excluding hydrogens is 467 g/mol. The maximum atomic E-state index is 13.0. The third-order valence-electron chi connectivity index (χ3n) is 5.47. The molecule has 1 aliphatic rings. The first kappa shape index (κ1) is 22.9. The lowest BCUT2D eigenvalue weighted by Crippen LogP contribution is -2.48. The van der Waals surface area contributed by atoms with E-state index in [0.29, 0.717) is 41.1 Å². The van der Waals surface area contributed by atoms with Gasteiger partial charge in [0.2, 0.25) is 0 Å². The molecule has 0 atom stereocenters. The Morgan fingerprint density at radius 3 is 2.38 bits per heavy atom. The summed E-state index contributed by atoms with van der Waals surface area (Å²) in [6.45, 7) is 4.11. The van der Waals surface area contributed by atoms with E-state index in [9.17, 15) is 4.79 Å². The molecule has 3 aromatic carbocycles. The van der Waals surface area contributed by atoms with Crippen LogP contribution in [0.15, 0.2) is 66.7 Å². The molecule has 0 aromatic heterocycles. The molecular formula is C25H23Cl3N2O2. The van der Waals surface area contributed by atoms with Gasteiger partial charge in [-0.2, -0.15) is 0 Å². The maximum absolute atomic E-state index is 13.0. The molecule has 1 aliphatic heterocycles. The number of halogens is 3. The molecule has 0 saturated carbocycles. The molecule has 1 amide bonds. The highest BCUT2D eigenvalue weighted by atomic mass is 35.5. The largest absolute Gasteiger partial charge is 0.487 e. The zero-order chi connectivity index (χ0) is 22.5. The van der Waals surface area contributed by atoms with Crippen molar-refractivity contribution in [1.82, 2.24) is 9.80 Å². The summed E-state index contributed by atoms with van der Waals surface area (Å²) in [4.78, 5) is 17.3. The number of ether oxygens (including phenoxy) is 1. The minimum Gasteiger partial charge on any atom is -0.487 e. The van der Waals surface area contributed by atoms with Crippen LogP contribution in [0.2, 0.25) is 15.1 Å². The fourth-order valence-electron chi connectivity index (χ4n) is 3.71. The summed E-state index contributed by atoms with van der Waals surface area (Å²) in [5.41, 5.74) is 2.68. The van der Waals surface area contributed by atoms with E-state index < -0.39 is 0 Å². The number of hydrogen-bond acceptors (Lipinski definition) is 3. The van der Waals surface area contributed by atoms with Crippen molar-refractivity contribution in [3.63, 3.8) is 0 Å². The van der Waals surface area contributed by atoms with E-state index >= 15 is 0 Å². The molecule has 3 aromatic rings. The van der Waals surface area contributed by atoms with E-state index in [1.54, 1.807) is 18.2 Å². The summed E-state index contributed by atoms with van der Waals surface area (Å²) in [6.07, 6.45) is 0. The number of nitrogens with zero attached hydrogens (tertiary/aromatic N) is 2. The first-order valence-corrected chi connectivity index (χ1v) is 11.5. The molecule has 4 nitrogen and oxygen atoms in total. The molecule has 0 N–H and O–H groups in total. The van der Waals surface area contributed by atoms with Crippen LogP contribution in [0.25, 0.3) is 0 Å². The van der Waals surface area contributed by atoms with Crippen LogP contribution in [0.3, 0.4) is 0 Å². The van der Waals surface area contributed by atoms with Crippen molar-refractivity contribution < 1.29 is 9.53 Å². The van der Waals surface area contributed by atoms with Gasteiger partial charge >= 0.3 is 0 Å². The van der Waals surface area contributed by atoms with Gasteiger partial charge in [0, 0.05) is 48.3 Å². The maximum Gasteiger partial charge on any atom is 0.253 e. The molecule has 4 rings (SSSR count). The zero-order valence-corrected chi connectivity index (χ0v) is 19.7. The quantitative estimate of drug-likeness (QED) is 0.414. The Bertz CT molecular complexity index is 1100. The van der Waals surface area contributed by atoms with E-state index in [-0.39, 0.29) is 5.91 Å². The van der Waals surface area contributed by atoms with Gasteiger partial charge in [-0.15, -0.1) is 0 Å². The molecule has 32 heavy (non-hydrogen) atoms. The topological polar surface area (TPSA) is 32.8 Å².